The van der Waals surface area contributed by atoms with Gasteiger partial charge in [0.05, 0.1) is 23.1 Å². The topological polar surface area (TPSA) is 97.8 Å². The van der Waals surface area contributed by atoms with E-state index < -0.39 is 33.1 Å². The van der Waals surface area contributed by atoms with Crippen LogP contribution in [0.2, 0.25) is 5.02 Å². The van der Waals surface area contributed by atoms with Crippen LogP contribution in [0.5, 0.6) is 0 Å². The predicted molar refractivity (Wildman–Crippen MR) is 102 cm³/mol. The zero-order chi connectivity index (χ0) is 20.5. The van der Waals surface area contributed by atoms with Gasteiger partial charge in [0, 0.05) is 49.9 Å². The van der Waals surface area contributed by atoms with E-state index in [4.69, 9.17) is 16.3 Å². The summed E-state index contributed by atoms with van der Waals surface area (Å²) < 4.78 is 29.8. The molecule has 2 fully saturated rings. The maximum absolute atomic E-state index is 12.9. The number of sulfone groups is 1. The summed E-state index contributed by atoms with van der Waals surface area (Å²) in [5.41, 5.74) is 0.332. The van der Waals surface area contributed by atoms with Gasteiger partial charge in [0.1, 0.15) is 5.92 Å². The van der Waals surface area contributed by atoms with Crippen molar-refractivity contribution >= 4 is 38.8 Å². The lowest BCUT2D eigenvalue weighted by Crippen LogP contribution is -2.37. The molecule has 3 rings (SSSR count). The number of carbonyl (C=O) groups is 3. The first kappa shape index (κ1) is 21.1. The number of ether oxygens (including phenoxy) is 1. The first-order valence-electron chi connectivity index (χ1n) is 9.11. The van der Waals surface area contributed by atoms with Crippen molar-refractivity contribution in [3.05, 3.63) is 28.3 Å². The van der Waals surface area contributed by atoms with Crippen LogP contribution in [0.1, 0.15) is 35.2 Å². The molecule has 0 N–H and O–H groups in total. The third-order valence-corrected chi connectivity index (χ3v) is 6.72. The van der Waals surface area contributed by atoms with Crippen molar-refractivity contribution in [2.45, 2.75) is 30.7 Å². The van der Waals surface area contributed by atoms with Crippen LogP contribution in [0.25, 0.3) is 0 Å². The highest BCUT2D eigenvalue weighted by atomic mass is 35.5. The molecule has 1 saturated carbocycles. The minimum atomic E-state index is -3.58. The third kappa shape index (κ3) is 4.35. The van der Waals surface area contributed by atoms with Crippen LogP contribution >= 0.6 is 11.6 Å². The molecule has 0 aromatic heterocycles. The van der Waals surface area contributed by atoms with Crippen LogP contribution < -0.4 is 0 Å². The van der Waals surface area contributed by atoms with Crippen molar-refractivity contribution < 1.29 is 27.5 Å². The normalized spacial score (nSPS) is 19.8. The van der Waals surface area contributed by atoms with Crippen molar-refractivity contribution in [3.63, 3.8) is 0 Å². The second kappa shape index (κ2) is 8.41. The molecule has 0 unspecified atom stereocenters. The number of halogens is 1. The molecule has 2 aliphatic rings. The molecule has 9 heteroatoms. The summed E-state index contributed by atoms with van der Waals surface area (Å²) in [5.74, 6) is -2.80. The minimum absolute atomic E-state index is 0.00871. The average Bonchev–Trinajstić information content (AvgIpc) is 2.63. The minimum Gasteiger partial charge on any atom is -0.379 e. The molecule has 1 aromatic carbocycles. The number of Topliss-reactive ketones (excluding diaryl/α,β-unsaturated/α-hetero) is 3. The average molecular weight is 428 g/mol. The van der Waals surface area contributed by atoms with E-state index in [0.29, 0.717) is 38.3 Å². The Labute approximate surface area is 168 Å². The summed E-state index contributed by atoms with van der Waals surface area (Å²) in [6.07, 6.45) is 1.89. The third-order valence-electron chi connectivity index (χ3n) is 5.10. The lowest BCUT2D eigenvalue weighted by molar-refractivity contribution is -0.133. The first-order chi connectivity index (χ1) is 13.2. The predicted octanol–water partition coefficient (Wildman–Crippen LogP) is 1.70. The van der Waals surface area contributed by atoms with Crippen molar-refractivity contribution in [2.75, 3.05) is 32.6 Å². The summed E-state index contributed by atoms with van der Waals surface area (Å²) in [7, 11) is -3.58. The number of ketones is 3. The molecule has 152 valence electrons. The molecule has 0 amide bonds. The monoisotopic (exact) mass is 427 g/mol. The van der Waals surface area contributed by atoms with Crippen LogP contribution in [0.4, 0.5) is 0 Å². The zero-order valence-corrected chi connectivity index (χ0v) is 17.1. The van der Waals surface area contributed by atoms with Gasteiger partial charge in [0.2, 0.25) is 0 Å². The number of morpholine rings is 1. The molecule has 1 aliphatic carbocycles. The highest BCUT2D eigenvalue weighted by Gasteiger charge is 2.38. The first-order valence-corrected chi connectivity index (χ1v) is 11.4. The summed E-state index contributed by atoms with van der Waals surface area (Å²) in [6.45, 7) is 2.50. The number of hydrogen-bond donors (Lipinski definition) is 0. The molecule has 0 bridgehead atoms. The number of carbonyl (C=O) groups excluding carboxylic acids is 3. The fourth-order valence-corrected chi connectivity index (χ4v) is 4.93. The van der Waals surface area contributed by atoms with E-state index in [1.165, 1.54) is 12.1 Å². The Hall–Kier alpha value is -1.61. The van der Waals surface area contributed by atoms with E-state index in [1.807, 2.05) is 4.90 Å². The lowest BCUT2D eigenvalue weighted by Gasteiger charge is -2.28. The molecule has 1 heterocycles. The van der Waals surface area contributed by atoms with Crippen LogP contribution in [-0.4, -0.2) is 63.2 Å². The largest absolute Gasteiger partial charge is 0.379 e. The maximum atomic E-state index is 12.9. The molecule has 1 aliphatic heterocycles. The molecular formula is C19H22ClNO6S. The summed E-state index contributed by atoms with van der Waals surface area (Å²) in [6, 6.07) is 2.64. The van der Waals surface area contributed by atoms with Gasteiger partial charge in [-0.25, -0.2) is 8.42 Å². The number of rotatable bonds is 5. The van der Waals surface area contributed by atoms with Crippen molar-refractivity contribution in [1.82, 2.24) is 4.90 Å². The number of nitrogens with zero attached hydrogens (tertiary/aromatic N) is 1. The quantitative estimate of drug-likeness (QED) is 0.521. The Bertz CT molecular complexity index is 905. The second-order valence-corrected chi connectivity index (χ2v) is 9.51. The van der Waals surface area contributed by atoms with E-state index in [0.717, 1.165) is 6.26 Å². The van der Waals surface area contributed by atoms with Gasteiger partial charge in [-0.05, 0) is 18.6 Å². The standard InChI is InChI=1S/C19H22ClNO6S/c1-28(25,26)16-6-5-12(19(24)17-14(22)3-2-4-15(17)23)18(20)13(16)11-21-7-9-27-10-8-21/h5-6,17H,2-4,7-11H2,1H3. The lowest BCUT2D eigenvalue weighted by atomic mass is 9.81. The fourth-order valence-electron chi connectivity index (χ4n) is 3.62. The molecule has 0 atom stereocenters. The van der Waals surface area contributed by atoms with Crippen molar-refractivity contribution in [2.24, 2.45) is 5.92 Å². The molecular weight excluding hydrogens is 406 g/mol. The van der Waals surface area contributed by atoms with Gasteiger partial charge in [0.15, 0.2) is 27.2 Å². The number of hydrogen-bond acceptors (Lipinski definition) is 7. The highest BCUT2D eigenvalue weighted by Crippen LogP contribution is 2.32. The number of benzene rings is 1. The zero-order valence-electron chi connectivity index (χ0n) is 15.6. The van der Waals surface area contributed by atoms with Crippen molar-refractivity contribution in [1.29, 1.82) is 0 Å². The van der Waals surface area contributed by atoms with Crippen LogP contribution in [0.3, 0.4) is 0 Å². The van der Waals surface area contributed by atoms with Crippen LogP contribution in [0.15, 0.2) is 17.0 Å². The Balaban J connectivity index is 2.03. The molecule has 0 spiro atoms. The second-order valence-electron chi connectivity index (χ2n) is 7.15. The molecule has 28 heavy (non-hydrogen) atoms. The summed E-state index contributed by atoms with van der Waals surface area (Å²) in [4.78, 5) is 39.3. The highest BCUT2D eigenvalue weighted by molar-refractivity contribution is 7.90. The van der Waals surface area contributed by atoms with Crippen molar-refractivity contribution in [3.8, 4) is 0 Å². The van der Waals surface area contributed by atoms with E-state index in [1.54, 1.807) is 0 Å². The van der Waals surface area contributed by atoms with E-state index in [2.05, 4.69) is 0 Å². The van der Waals surface area contributed by atoms with E-state index >= 15 is 0 Å². The van der Waals surface area contributed by atoms with Gasteiger partial charge in [-0.2, -0.15) is 0 Å². The SMILES string of the molecule is CS(=O)(=O)c1ccc(C(=O)C2C(=O)CCCC2=O)c(Cl)c1CN1CCOCC1. The Morgan fingerprint density at radius 1 is 1.18 bits per heavy atom. The van der Waals surface area contributed by atoms with Gasteiger partial charge >= 0.3 is 0 Å². The van der Waals surface area contributed by atoms with Crippen LogP contribution in [0, 0.1) is 5.92 Å². The van der Waals surface area contributed by atoms with Crippen LogP contribution in [-0.2, 0) is 30.7 Å². The Morgan fingerprint density at radius 3 is 2.36 bits per heavy atom. The summed E-state index contributed by atoms with van der Waals surface area (Å²) >= 11 is 6.48. The summed E-state index contributed by atoms with van der Waals surface area (Å²) in [5, 5.41) is -0.00871. The van der Waals surface area contributed by atoms with E-state index in [-0.39, 0.29) is 34.9 Å². The van der Waals surface area contributed by atoms with Gasteiger partial charge in [-0.1, -0.05) is 11.6 Å². The van der Waals surface area contributed by atoms with Gasteiger partial charge in [-0.3, -0.25) is 19.3 Å². The maximum Gasteiger partial charge on any atom is 0.182 e. The molecule has 1 aromatic rings. The smallest absolute Gasteiger partial charge is 0.182 e. The molecule has 1 saturated heterocycles. The van der Waals surface area contributed by atoms with Gasteiger partial charge in [-0.15, -0.1) is 0 Å². The van der Waals surface area contributed by atoms with E-state index in [9.17, 15) is 22.8 Å². The van der Waals surface area contributed by atoms with Gasteiger partial charge in [0.25, 0.3) is 0 Å². The molecule has 7 nitrogen and oxygen atoms in total. The Morgan fingerprint density at radius 2 is 1.79 bits per heavy atom. The fraction of sp³-hybridized carbons (Fsp3) is 0.526. The van der Waals surface area contributed by atoms with Gasteiger partial charge < -0.3 is 4.74 Å². The molecule has 0 radical (unpaired) electrons. The Kier molecular flexibility index (Phi) is 6.34.